The highest BCUT2D eigenvalue weighted by Gasteiger charge is 2.08. The van der Waals surface area contributed by atoms with Crippen molar-refractivity contribution in [1.29, 1.82) is 0 Å². The molecule has 0 aliphatic carbocycles. The maximum absolute atomic E-state index is 12.2. The number of nitrogens with zero attached hydrogens (tertiary/aromatic N) is 2. The molecular formula is C21H23Cl2N3O2. The molecule has 0 bridgehead atoms. The van der Waals surface area contributed by atoms with Gasteiger partial charge in [0.05, 0.1) is 12.2 Å². The van der Waals surface area contributed by atoms with Crippen molar-refractivity contribution >= 4 is 36.8 Å². The Hall–Kier alpha value is -2.76. The maximum Gasteiger partial charge on any atom is 0.254 e. The van der Waals surface area contributed by atoms with Gasteiger partial charge in [0.25, 0.3) is 5.91 Å². The molecule has 1 aliphatic rings. The zero-order valence-corrected chi connectivity index (χ0v) is 16.9. The lowest BCUT2D eigenvalue weighted by Gasteiger charge is -2.20. The van der Waals surface area contributed by atoms with Crippen LogP contribution in [0, 0.1) is 0 Å². The number of benzene rings is 1. The van der Waals surface area contributed by atoms with Crippen molar-refractivity contribution in [1.82, 2.24) is 15.2 Å². The van der Waals surface area contributed by atoms with Crippen molar-refractivity contribution in [3.63, 3.8) is 0 Å². The molecule has 2 aromatic rings. The summed E-state index contributed by atoms with van der Waals surface area (Å²) in [7, 11) is 0. The summed E-state index contributed by atoms with van der Waals surface area (Å²) in [5.41, 5.74) is 2.62. The van der Waals surface area contributed by atoms with Crippen molar-refractivity contribution in [2.45, 2.75) is 6.61 Å². The molecule has 7 heteroatoms. The molecule has 0 fully saturated rings. The summed E-state index contributed by atoms with van der Waals surface area (Å²) in [6.45, 7) is 5.40. The third kappa shape index (κ3) is 6.76. The second-order valence-electron chi connectivity index (χ2n) is 5.82. The van der Waals surface area contributed by atoms with E-state index in [-0.39, 0.29) is 30.7 Å². The van der Waals surface area contributed by atoms with Gasteiger partial charge in [0.2, 0.25) is 5.88 Å². The Kier molecular flexibility index (Phi) is 9.85. The molecule has 0 unspecified atom stereocenters. The molecule has 5 nitrogen and oxygen atoms in total. The van der Waals surface area contributed by atoms with Crippen molar-refractivity contribution in [2.24, 2.45) is 0 Å². The minimum absolute atomic E-state index is 0. The van der Waals surface area contributed by atoms with Crippen molar-refractivity contribution in [3.8, 4) is 5.88 Å². The Morgan fingerprint density at radius 2 is 1.96 bits per heavy atom. The molecule has 0 saturated carbocycles. The summed E-state index contributed by atoms with van der Waals surface area (Å²) in [5.74, 6) is 0.325. The summed E-state index contributed by atoms with van der Waals surface area (Å²) in [6.07, 6.45) is 11.2. The fourth-order valence-electron chi connectivity index (χ4n) is 2.41. The molecule has 1 aliphatic heterocycles. The number of rotatable bonds is 7. The number of hydrogen-bond donors (Lipinski definition) is 1. The lowest BCUT2D eigenvalue weighted by Crippen LogP contribution is -2.35. The van der Waals surface area contributed by atoms with Gasteiger partial charge in [-0.1, -0.05) is 49.1 Å². The van der Waals surface area contributed by atoms with Crippen LogP contribution < -0.4 is 10.1 Å². The first-order valence-corrected chi connectivity index (χ1v) is 8.40. The van der Waals surface area contributed by atoms with Crippen LogP contribution in [0.25, 0.3) is 6.08 Å². The summed E-state index contributed by atoms with van der Waals surface area (Å²) in [6, 6.07) is 11.4. The van der Waals surface area contributed by atoms with E-state index in [2.05, 4.69) is 16.9 Å². The molecule has 28 heavy (non-hydrogen) atoms. The SMILES string of the molecule is C=Cc1ccc(COc2ccc(C(=O)NCN3C=CC=CC3)cn2)cc1.Cl.Cl. The van der Waals surface area contributed by atoms with Crippen LogP contribution in [0.4, 0.5) is 0 Å². The van der Waals surface area contributed by atoms with Gasteiger partial charge in [-0.2, -0.15) is 0 Å². The number of carbonyl (C=O) groups is 1. The number of nitrogens with one attached hydrogen (secondary N) is 1. The average molecular weight is 420 g/mol. The van der Waals surface area contributed by atoms with E-state index in [1.54, 1.807) is 18.2 Å². The Bertz CT molecular complexity index is 819. The van der Waals surface area contributed by atoms with Crippen LogP contribution >= 0.6 is 24.8 Å². The van der Waals surface area contributed by atoms with Crippen LogP contribution in [0.2, 0.25) is 0 Å². The lowest BCUT2D eigenvalue weighted by atomic mass is 10.1. The average Bonchev–Trinajstić information content (AvgIpc) is 2.72. The molecule has 0 saturated heterocycles. The van der Waals surface area contributed by atoms with E-state index < -0.39 is 0 Å². The van der Waals surface area contributed by atoms with E-state index in [4.69, 9.17) is 4.74 Å². The van der Waals surface area contributed by atoms with E-state index in [1.165, 1.54) is 6.20 Å². The van der Waals surface area contributed by atoms with Crippen LogP contribution in [-0.2, 0) is 6.61 Å². The van der Waals surface area contributed by atoms with Gasteiger partial charge in [-0.3, -0.25) is 4.79 Å². The van der Waals surface area contributed by atoms with E-state index in [0.29, 0.717) is 24.7 Å². The van der Waals surface area contributed by atoms with Crippen LogP contribution in [0.15, 0.2) is 73.6 Å². The fourth-order valence-corrected chi connectivity index (χ4v) is 2.41. The van der Waals surface area contributed by atoms with Gasteiger partial charge in [0, 0.05) is 25.0 Å². The van der Waals surface area contributed by atoms with E-state index >= 15 is 0 Å². The van der Waals surface area contributed by atoms with Crippen LogP contribution in [0.1, 0.15) is 21.5 Å². The number of allylic oxidation sites excluding steroid dienone is 2. The first kappa shape index (κ1) is 23.3. The monoisotopic (exact) mass is 419 g/mol. The number of aromatic nitrogens is 1. The van der Waals surface area contributed by atoms with Gasteiger partial charge in [0.1, 0.15) is 6.61 Å². The van der Waals surface area contributed by atoms with Gasteiger partial charge < -0.3 is 15.0 Å². The fraction of sp³-hybridized carbons (Fsp3) is 0.143. The number of carbonyl (C=O) groups excluding carboxylic acids is 1. The number of ether oxygens (including phenoxy) is 1. The highest BCUT2D eigenvalue weighted by Crippen LogP contribution is 2.12. The molecule has 3 rings (SSSR count). The molecule has 0 spiro atoms. The molecule has 1 aromatic heterocycles. The summed E-state index contributed by atoms with van der Waals surface area (Å²) >= 11 is 0. The number of amides is 1. The van der Waals surface area contributed by atoms with Crippen molar-refractivity contribution < 1.29 is 9.53 Å². The third-order valence-electron chi connectivity index (χ3n) is 3.93. The molecule has 1 aromatic carbocycles. The number of halogens is 2. The summed E-state index contributed by atoms with van der Waals surface area (Å²) < 4.78 is 5.66. The van der Waals surface area contributed by atoms with E-state index in [9.17, 15) is 4.79 Å². The molecule has 2 heterocycles. The highest BCUT2D eigenvalue weighted by molar-refractivity contribution is 5.93. The molecule has 0 atom stereocenters. The lowest BCUT2D eigenvalue weighted by molar-refractivity contribution is 0.0936. The minimum Gasteiger partial charge on any atom is -0.473 e. The molecule has 1 N–H and O–H groups in total. The highest BCUT2D eigenvalue weighted by atomic mass is 35.5. The normalized spacial score (nSPS) is 11.8. The Morgan fingerprint density at radius 1 is 1.18 bits per heavy atom. The minimum atomic E-state index is -0.160. The van der Waals surface area contributed by atoms with Gasteiger partial charge >= 0.3 is 0 Å². The Morgan fingerprint density at radius 3 is 2.57 bits per heavy atom. The predicted octanol–water partition coefficient (Wildman–Crippen LogP) is 4.22. The predicted molar refractivity (Wildman–Crippen MR) is 117 cm³/mol. The second kappa shape index (κ2) is 11.8. The summed E-state index contributed by atoms with van der Waals surface area (Å²) in [4.78, 5) is 18.4. The topological polar surface area (TPSA) is 54.5 Å². The van der Waals surface area contributed by atoms with Gasteiger partial charge in [-0.25, -0.2) is 4.98 Å². The number of hydrogen-bond acceptors (Lipinski definition) is 4. The maximum atomic E-state index is 12.2. The zero-order valence-electron chi connectivity index (χ0n) is 15.3. The van der Waals surface area contributed by atoms with Crippen LogP contribution in [-0.4, -0.2) is 29.0 Å². The van der Waals surface area contributed by atoms with E-state index in [1.807, 2.05) is 53.6 Å². The Balaban J connectivity index is 0.00000196. The molecular weight excluding hydrogens is 397 g/mol. The van der Waals surface area contributed by atoms with Crippen molar-refractivity contribution in [3.05, 3.63) is 90.3 Å². The smallest absolute Gasteiger partial charge is 0.254 e. The number of pyridine rings is 1. The van der Waals surface area contributed by atoms with Gasteiger partial charge in [-0.05, 0) is 23.3 Å². The largest absolute Gasteiger partial charge is 0.473 e. The van der Waals surface area contributed by atoms with Crippen LogP contribution in [0.3, 0.4) is 0 Å². The second-order valence-corrected chi connectivity index (χ2v) is 5.82. The zero-order chi connectivity index (χ0) is 18.2. The summed E-state index contributed by atoms with van der Waals surface area (Å²) in [5, 5.41) is 2.87. The van der Waals surface area contributed by atoms with Gasteiger partial charge in [0.15, 0.2) is 0 Å². The first-order chi connectivity index (χ1) is 12.7. The Labute approximate surface area is 177 Å². The molecule has 0 radical (unpaired) electrons. The van der Waals surface area contributed by atoms with Crippen molar-refractivity contribution in [2.75, 3.05) is 13.2 Å². The van der Waals surface area contributed by atoms with E-state index in [0.717, 1.165) is 17.7 Å². The molecule has 1 amide bonds. The van der Waals surface area contributed by atoms with Gasteiger partial charge in [-0.15, -0.1) is 24.8 Å². The first-order valence-electron chi connectivity index (χ1n) is 8.40. The van der Waals surface area contributed by atoms with Crippen LogP contribution in [0.5, 0.6) is 5.88 Å². The quantitative estimate of drug-likeness (QED) is 0.729. The molecule has 148 valence electrons. The standard InChI is InChI=1S/C21H21N3O2.2ClH/c1-2-17-6-8-18(9-7-17)15-26-20-11-10-19(14-22-20)21(25)23-16-24-12-4-3-5-13-24;;/h2-12,14H,1,13,15-16H2,(H,23,25);2*1H. The third-order valence-corrected chi connectivity index (χ3v) is 3.93.